The first kappa shape index (κ1) is 18.2. The number of alkyl halides is 3. The number of nitro groups is 1. The van der Waals surface area contributed by atoms with E-state index in [0.29, 0.717) is 10.5 Å². The predicted molar refractivity (Wildman–Crippen MR) is 86.7 cm³/mol. The number of allylic oxidation sites excluding steroid dienone is 1. The van der Waals surface area contributed by atoms with Crippen LogP contribution in [0.4, 0.5) is 24.5 Å². The molecule has 1 aromatic carbocycles. The summed E-state index contributed by atoms with van der Waals surface area (Å²) in [5.74, 6) is -3.06. The second-order valence-electron chi connectivity index (χ2n) is 6.18. The zero-order chi connectivity index (χ0) is 19.1. The fraction of sp³-hybridized carbons (Fsp3) is 0.438. The second-order valence-corrected chi connectivity index (χ2v) is 6.18. The molecule has 140 valence electrons. The third kappa shape index (κ3) is 3.12. The first-order valence-electron chi connectivity index (χ1n) is 8.02. The average Bonchev–Trinajstić information content (AvgIpc) is 2.60. The van der Waals surface area contributed by atoms with Crippen LogP contribution in [0.3, 0.4) is 0 Å². The molecule has 1 saturated heterocycles. The molecule has 0 atom stereocenters. The Hall–Kier alpha value is -2.62. The minimum absolute atomic E-state index is 0.0407. The van der Waals surface area contributed by atoms with Crippen molar-refractivity contribution in [3.63, 3.8) is 0 Å². The molecule has 1 amide bonds. The fourth-order valence-electron chi connectivity index (χ4n) is 3.47. The zero-order valence-corrected chi connectivity index (χ0v) is 13.5. The lowest BCUT2D eigenvalue weighted by Gasteiger charge is -2.34. The van der Waals surface area contributed by atoms with Crippen molar-refractivity contribution in [1.29, 1.82) is 0 Å². The molecule has 26 heavy (non-hydrogen) atoms. The number of carbonyl (C=O) groups excluding carboxylic acids is 1. The maximum absolute atomic E-state index is 12.9. The van der Waals surface area contributed by atoms with E-state index in [1.54, 1.807) is 0 Å². The number of phenols is 1. The minimum atomic E-state index is -5.16. The molecular formula is C16H16F3N3O4. The van der Waals surface area contributed by atoms with E-state index in [9.17, 15) is 33.2 Å². The van der Waals surface area contributed by atoms with Gasteiger partial charge in [-0.1, -0.05) is 6.08 Å². The number of nitrogens with zero attached hydrogens (tertiary/aromatic N) is 2. The Labute approximate surface area is 146 Å². The van der Waals surface area contributed by atoms with Crippen LogP contribution in [-0.4, -0.2) is 41.7 Å². The van der Waals surface area contributed by atoms with Crippen molar-refractivity contribution in [2.45, 2.75) is 19.0 Å². The number of hydrogen-bond donors (Lipinski definition) is 2. The van der Waals surface area contributed by atoms with Gasteiger partial charge in [-0.3, -0.25) is 19.8 Å². The van der Waals surface area contributed by atoms with Gasteiger partial charge in [0, 0.05) is 18.2 Å². The van der Waals surface area contributed by atoms with Gasteiger partial charge in [0.15, 0.2) is 0 Å². The predicted octanol–water partition coefficient (Wildman–Crippen LogP) is 2.59. The number of nitrogens with one attached hydrogen (secondary N) is 1. The topological polar surface area (TPSA) is 95.7 Å². The summed E-state index contributed by atoms with van der Waals surface area (Å²) in [5, 5.41) is 24.5. The molecule has 0 aromatic heterocycles. The van der Waals surface area contributed by atoms with E-state index in [0.717, 1.165) is 32.0 Å². The number of rotatable bonds is 2. The van der Waals surface area contributed by atoms with Gasteiger partial charge in [0.2, 0.25) is 5.75 Å². The Morgan fingerprint density at radius 3 is 2.54 bits per heavy atom. The van der Waals surface area contributed by atoms with Crippen molar-refractivity contribution in [3.8, 4) is 5.75 Å². The molecule has 2 heterocycles. The number of hydrogen-bond acceptors (Lipinski definition) is 5. The Bertz CT molecular complexity index is 786. The van der Waals surface area contributed by atoms with E-state index in [1.807, 2.05) is 0 Å². The summed E-state index contributed by atoms with van der Waals surface area (Å²) in [5.41, 5.74) is -0.255. The molecule has 2 aliphatic rings. The normalized spacial score (nSPS) is 18.3. The van der Waals surface area contributed by atoms with Crippen molar-refractivity contribution < 1.29 is 28.0 Å². The van der Waals surface area contributed by atoms with Gasteiger partial charge >= 0.3 is 17.8 Å². The van der Waals surface area contributed by atoms with E-state index < -0.39 is 40.7 Å². The molecule has 1 fully saturated rings. The zero-order valence-electron chi connectivity index (χ0n) is 13.5. The quantitative estimate of drug-likeness (QED) is 0.615. The summed E-state index contributed by atoms with van der Waals surface area (Å²) in [4.78, 5) is 22.3. The van der Waals surface area contributed by atoms with Gasteiger partial charge in [0.1, 0.15) is 5.69 Å². The molecule has 3 rings (SSSR count). The van der Waals surface area contributed by atoms with Gasteiger partial charge in [0.05, 0.1) is 4.92 Å². The SMILES string of the molecule is O=C(N1CC=C(C2CCNCC2)c2ccc([N+](=O)[O-])c(O)c21)C(F)(F)F. The van der Waals surface area contributed by atoms with Gasteiger partial charge in [-0.25, -0.2) is 0 Å². The van der Waals surface area contributed by atoms with E-state index in [2.05, 4.69) is 5.32 Å². The molecule has 7 nitrogen and oxygen atoms in total. The smallest absolute Gasteiger partial charge is 0.471 e. The number of nitro benzene ring substituents is 1. The molecule has 2 aliphatic heterocycles. The van der Waals surface area contributed by atoms with Crippen molar-refractivity contribution in [1.82, 2.24) is 5.32 Å². The first-order valence-corrected chi connectivity index (χ1v) is 8.02. The van der Waals surface area contributed by atoms with Gasteiger partial charge in [-0.05, 0) is 43.5 Å². The highest BCUT2D eigenvalue weighted by Crippen LogP contribution is 2.47. The maximum Gasteiger partial charge on any atom is 0.471 e. The molecule has 0 unspecified atom stereocenters. The van der Waals surface area contributed by atoms with Crippen molar-refractivity contribution in [2.24, 2.45) is 5.92 Å². The van der Waals surface area contributed by atoms with E-state index in [1.165, 1.54) is 12.1 Å². The molecule has 0 aliphatic carbocycles. The van der Waals surface area contributed by atoms with Crippen LogP contribution in [0.5, 0.6) is 5.75 Å². The minimum Gasteiger partial charge on any atom is -0.501 e. The number of amides is 1. The first-order chi connectivity index (χ1) is 12.2. The van der Waals surface area contributed by atoms with Crippen molar-refractivity contribution >= 4 is 22.9 Å². The second kappa shape index (κ2) is 6.60. The summed E-state index contributed by atoms with van der Waals surface area (Å²) < 4.78 is 38.8. The number of carbonyl (C=O) groups is 1. The molecule has 0 saturated carbocycles. The highest BCUT2D eigenvalue weighted by Gasteiger charge is 2.46. The van der Waals surface area contributed by atoms with Gasteiger partial charge in [-0.15, -0.1) is 0 Å². The number of anilines is 1. The molecule has 0 bridgehead atoms. The Morgan fingerprint density at radius 2 is 1.96 bits per heavy atom. The monoisotopic (exact) mass is 371 g/mol. The largest absolute Gasteiger partial charge is 0.501 e. The van der Waals surface area contributed by atoms with Crippen molar-refractivity contribution in [2.75, 3.05) is 24.5 Å². The van der Waals surface area contributed by atoms with Crippen LogP contribution in [0.15, 0.2) is 18.2 Å². The number of fused-ring (bicyclic) bond motifs is 1. The number of halogens is 3. The number of piperidine rings is 1. The summed E-state index contributed by atoms with van der Waals surface area (Å²) in [6.07, 6.45) is -2.13. The van der Waals surface area contributed by atoms with Gasteiger partial charge in [0.25, 0.3) is 0 Å². The van der Waals surface area contributed by atoms with Crippen molar-refractivity contribution in [3.05, 3.63) is 33.9 Å². The van der Waals surface area contributed by atoms with Crippen LogP contribution in [0, 0.1) is 16.0 Å². The number of phenolic OH excluding ortho intramolecular Hbond substituents is 1. The van der Waals surface area contributed by atoms with Crippen LogP contribution in [0.1, 0.15) is 18.4 Å². The van der Waals surface area contributed by atoms with Crippen LogP contribution in [-0.2, 0) is 4.79 Å². The van der Waals surface area contributed by atoms with E-state index in [4.69, 9.17) is 0 Å². The Balaban J connectivity index is 2.13. The highest BCUT2D eigenvalue weighted by atomic mass is 19.4. The molecule has 0 spiro atoms. The lowest BCUT2D eigenvalue weighted by molar-refractivity contribution is -0.385. The fourth-order valence-corrected chi connectivity index (χ4v) is 3.47. The van der Waals surface area contributed by atoms with Crippen LogP contribution in [0.25, 0.3) is 5.57 Å². The molecule has 1 aromatic rings. The lowest BCUT2D eigenvalue weighted by Crippen LogP contribution is -2.43. The number of benzene rings is 1. The average molecular weight is 371 g/mol. The highest BCUT2D eigenvalue weighted by molar-refractivity contribution is 6.04. The summed E-state index contributed by atoms with van der Waals surface area (Å²) in [6, 6.07) is 2.35. The standard InChI is InChI=1S/C16H16F3N3O4/c17-16(18,19)15(24)21-8-5-10(9-3-6-20-7-4-9)11-1-2-12(22(25)26)14(23)13(11)21/h1-2,5,9,20,23H,3-4,6-8H2. The van der Waals surface area contributed by atoms with Crippen LogP contribution in [0.2, 0.25) is 0 Å². The lowest BCUT2D eigenvalue weighted by atomic mass is 9.83. The third-order valence-corrected chi connectivity index (χ3v) is 4.67. The summed E-state index contributed by atoms with van der Waals surface area (Å²) in [7, 11) is 0. The molecule has 2 N–H and O–H groups in total. The maximum atomic E-state index is 12.9. The third-order valence-electron chi connectivity index (χ3n) is 4.67. The Kier molecular flexibility index (Phi) is 4.61. The van der Waals surface area contributed by atoms with E-state index >= 15 is 0 Å². The summed E-state index contributed by atoms with van der Waals surface area (Å²) >= 11 is 0. The molecule has 0 radical (unpaired) electrons. The summed E-state index contributed by atoms with van der Waals surface area (Å²) in [6.45, 7) is 1.07. The molecular weight excluding hydrogens is 355 g/mol. The Morgan fingerprint density at radius 1 is 1.31 bits per heavy atom. The number of aromatic hydroxyl groups is 1. The van der Waals surface area contributed by atoms with Crippen LogP contribution >= 0.6 is 0 Å². The van der Waals surface area contributed by atoms with E-state index in [-0.39, 0.29) is 11.5 Å². The van der Waals surface area contributed by atoms with Gasteiger partial charge < -0.3 is 10.4 Å². The van der Waals surface area contributed by atoms with Crippen LogP contribution < -0.4 is 10.2 Å². The van der Waals surface area contributed by atoms with Gasteiger partial charge in [-0.2, -0.15) is 13.2 Å². The molecule has 10 heteroatoms.